The molecule has 0 aromatic heterocycles. The number of carbonyl (C=O) groups excluding carboxylic acids is 1. The fourth-order valence-electron chi connectivity index (χ4n) is 1.00. The maximum atomic E-state index is 10.7. The molecule has 0 aliphatic heterocycles. The van der Waals surface area contributed by atoms with Crippen molar-refractivity contribution in [2.75, 3.05) is 26.2 Å². The van der Waals surface area contributed by atoms with E-state index >= 15 is 0 Å². The van der Waals surface area contributed by atoms with Crippen molar-refractivity contribution in [3.8, 4) is 0 Å². The molecule has 0 bridgehead atoms. The zero-order valence-corrected chi connectivity index (χ0v) is 9.05. The van der Waals surface area contributed by atoms with Crippen LogP contribution in [0.5, 0.6) is 0 Å². The fourth-order valence-corrected chi connectivity index (χ4v) is 1.00. The van der Waals surface area contributed by atoms with Crippen LogP contribution in [0.1, 0.15) is 32.6 Å². The molecular weight excluding hydrogens is 180 g/mol. The first-order chi connectivity index (χ1) is 6.81. The number of hydrogen-bond donors (Lipinski definition) is 2. The molecule has 0 fully saturated rings. The van der Waals surface area contributed by atoms with Gasteiger partial charge in [0.25, 0.3) is 0 Å². The van der Waals surface area contributed by atoms with Gasteiger partial charge in [-0.2, -0.15) is 0 Å². The Hall–Kier alpha value is -0.610. The molecule has 0 aliphatic rings. The minimum atomic E-state index is -0.117. The summed E-state index contributed by atoms with van der Waals surface area (Å²) in [5.41, 5.74) is 5.35. The highest BCUT2D eigenvalue weighted by atomic mass is 16.5. The highest BCUT2D eigenvalue weighted by molar-refractivity contribution is 5.68. The van der Waals surface area contributed by atoms with Gasteiger partial charge in [-0.1, -0.05) is 6.92 Å². The Balaban J connectivity index is 2.95. The third kappa shape index (κ3) is 9.48. The lowest BCUT2D eigenvalue weighted by Crippen LogP contribution is -2.19. The number of rotatable bonds is 9. The molecular formula is C10H22N2O2. The molecule has 0 aromatic rings. The van der Waals surface area contributed by atoms with E-state index in [1.54, 1.807) is 6.92 Å². The minimum absolute atomic E-state index is 0.117. The first-order valence-corrected chi connectivity index (χ1v) is 5.37. The van der Waals surface area contributed by atoms with Crippen molar-refractivity contribution in [2.24, 2.45) is 5.73 Å². The van der Waals surface area contributed by atoms with E-state index in [9.17, 15) is 4.79 Å². The molecule has 0 atom stereocenters. The molecule has 0 saturated carbocycles. The van der Waals surface area contributed by atoms with Crippen LogP contribution in [-0.4, -0.2) is 32.2 Å². The van der Waals surface area contributed by atoms with Gasteiger partial charge in [0.2, 0.25) is 0 Å². The van der Waals surface area contributed by atoms with Crippen molar-refractivity contribution in [1.82, 2.24) is 5.32 Å². The molecule has 0 heterocycles. The second-order valence-electron chi connectivity index (χ2n) is 3.17. The number of nitrogens with two attached hydrogens (primary N) is 1. The summed E-state index contributed by atoms with van der Waals surface area (Å²) in [5.74, 6) is -0.117. The Labute approximate surface area is 86.2 Å². The summed E-state index contributed by atoms with van der Waals surface area (Å²) in [6.07, 6.45) is 3.53. The largest absolute Gasteiger partial charge is 0.466 e. The maximum Gasteiger partial charge on any atom is 0.305 e. The van der Waals surface area contributed by atoms with Gasteiger partial charge in [0.05, 0.1) is 6.61 Å². The van der Waals surface area contributed by atoms with Gasteiger partial charge < -0.3 is 15.8 Å². The zero-order valence-electron chi connectivity index (χ0n) is 9.05. The van der Waals surface area contributed by atoms with Gasteiger partial charge in [0, 0.05) is 6.42 Å². The molecule has 0 amide bonds. The lowest BCUT2D eigenvalue weighted by Gasteiger charge is -2.04. The Morgan fingerprint density at radius 2 is 2.00 bits per heavy atom. The summed E-state index contributed by atoms with van der Waals surface area (Å²) < 4.78 is 4.92. The van der Waals surface area contributed by atoms with Gasteiger partial charge in [-0.25, -0.2) is 0 Å². The number of unbranched alkanes of at least 4 members (excludes halogenated alkanes) is 1. The topological polar surface area (TPSA) is 64.3 Å². The molecule has 0 radical (unpaired) electrons. The van der Waals surface area contributed by atoms with Crippen LogP contribution in [0.15, 0.2) is 0 Å². The number of hydrogen-bond acceptors (Lipinski definition) is 4. The summed E-state index contributed by atoms with van der Waals surface area (Å²) in [6.45, 7) is 4.99. The van der Waals surface area contributed by atoms with Crippen molar-refractivity contribution >= 4 is 5.97 Å². The molecule has 0 aromatic carbocycles. The molecule has 0 aliphatic carbocycles. The SMILES string of the molecule is CCC(=O)OCCCNCCCCN. The lowest BCUT2D eigenvalue weighted by atomic mass is 10.3. The average Bonchev–Trinajstić information content (AvgIpc) is 2.21. The van der Waals surface area contributed by atoms with E-state index in [-0.39, 0.29) is 5.97 Å². The summed E-state index contributed by atoms with van der Waals surface area (Å²) in [4.78, 5) is 10.7. The zero-order chi connectivity index (χ0) is 10.6. The van der Waals surface area contributed by atoms with Crippen molar-refractivity contribution in [1.29, 1.82) is 0 Å². The van der Waals surface area contributed by atoms with E-state index in [0.29, 0.717) is 13.0 Å². The van der Waals surface area contributed by atoms with E-state index in [1.165, 1.54) is 0 Å². The second kappa shape index (κ2) is 10.5. The van der Waals surface area contributed by atoms with Crippen LogP contribution in [0.2, 0.25) is 0 Å². The monoisotopic (exact) mass is 202 g/mol. The van der Waals surface area contributed by atoms with Gasteiger partial charge in [0.15, 0.2) is 0 Å². The van der Waals surface area contributed by atoms with Crippen molar-refractivity contribution < 1.29 is 9.53 Å². The van der Waals surface area contributed by atoms with Gasteiger partial charge >= 0.3 is 5.97 Å². The molecule has 14 heavy (non-hydrogen) atoms. The molecule has 3 N–H and O–H groups in total. The smallest absolute Gasteiger partial charge is 0.305 e. The van der Waals surface area contributed by atoms with E-state index in [1.807, 2.05) is 0 Å². The normalized spacial score (nSPS) is 10.1. The third-order valence-electron chi connectivity index (χ3n) is 1.86. The van der Waals surface area contributed by atoms with Crippen LogP contribution >= 0.6 is 0 Å². The Morgan fingerprint density at radius 3 is 2.64 bits per heavy atom. The van der Waals surface area contributed by atoms with Crippen LogP contribution in [0.4, 0.5) is 0 Å². The summed E-state index contributed by atoms with van der Waals surface area (Å²) in [5, 5.41) is 3.27. The van der Waals surface area contributed by atoms with Gasteiger partial charge in [-0.05, 0) is 38.9 Å². The summed E-state index contributed by atoms with van der Waals surface area (Å²) in [6, 6.07) is 0. The third-order valence-corrected chi connectivity index (χ3v) is 1.86. The highest BCUT2D eigenvalue weighted by Crippen LogP contribution is 1.87. The molecule has 0 saturated heterocycles. The van der Waals surface area contributed by atoms with E-state index in [4.69, 9.17) is 10.5 Å². The average molecular weight is 202 g/mol. The maximum absolute atomic E-state index is 10.7. The van der Waals surface area contributed by atoms with E-state index < -0.39 is 0 Å². The number of carbonyl (C=O) groups is 1. The van der Waals surface area contributed by atoms with Crippen LogP contribution in [0.3, 0.4) is 0 Å². The standard InChI is InChI=1S/C10H22N2O2/c1-2-10(13)14-9-5-8-12-7-4-3-6-11/h12H,2-9,11H2,1H3. The first kappa shape index (κ1) is 13.4. The van der Waals surface area contributed by atoms with Crippen molar-refractivity contribution in [3.05, 3.63) is 0 Å². The van der Waals surface area contributed by atoms with Crippen LogP contribution in [0.25, 0.3) is 0 Å². The van der Waals surface area contributed by atoms with Crippen molar-refractivity contribution in [2.45, 2.75) is 32.6 Å². The quantitative estimate of drug-likeness (QED) is 0.426. The Bertz CT molecular complexity index is 140. The van der Waals surface area contributed by atoms with E-state index in [0.717, 1.165) is 38.9 Å². The second-order valence-corrected chi connectivity index (χ2v) is 3.17. The van der Waals surface area contributed by atoms with Crippen LogP contribution in [0, 0.1) is 0 Å². The Kier molecular flexibility index (Phi) is 10.0. The molecule has 4 nitrogen and oxygen atoms in total. The molecule has 0 spiro atoms. The molecule has 84 valence electrons. The van der Waals surface area contributed by atoms with Crippen LogP contribution < -0.4 is 11.1 Å². The predicted octanol–water partition coefficient (Wildman–Crippen LogP) is 0.658. The van der Waals surface area contributed by atoms with Crippen molar-refractivity contribution in [3.63, 3.8) is 0 Å². The number of nitrogens with one attached hydrogen (secondary N) is 1. The Morgan fingerprint density at radius 1 is 1.29 bits per heavy atom. The van der Waals surface area contributed by atoms with Gasteiger partial charge in [0.1, 0.15) is 0 Å². The van der Waals surface area contributed by atoms with E-state index in [2.05, 4.69) is 5.32 Å². The van der Waals surface area contributed by atoms with Gasteiger partial charge in [-0.3, -0.25) is 4.79 Å². The highest BCUT2D eigenvalue weighted by Gasteiger charge is 1.96. The lowest BCUT2D eigenvalue weighted by molar-refractivity contribution is -0.143. The minimum Gasteiger partial charge on any atom is -0.466 e. The number of ether oxygens (including phenoxy) is 1. The van der Waals surface area contributed by atoms with Gasteiger partial charge in [-0.15, -0.1) is 0 Å². The number of esters is 1. The predicted molar refractivity (Wildman–Crippen MR) is 57.0 cm³/mol. The molecule has 0 unspecified atom stereocenters. The van der Waals surface area contributed by atoms with Crippen LogP contribution in [-0.2, 0) is 9.53 Å². The summed E-state index contributed by atoms with van der Waals surface area (Å²) in [7, 11) is 0. The first-order valence-electron chi connectivity index (χ1n) is 5.37. The molecule has 0 rings (SSSR count). The fraction of sp³-hybridized carbons (Fsp3) is 0.900. The molecule has 4 heteroatoms. The summed E-state index contributed by atoms with van der Waals surface area (Å²) >= 11 is 0.